The van der Waals surface area contributed by atoms with Gasteiger partial charge in [0.25, 0.3) is 11.7 Å². The molecule has 0 spiro atoms. The maximum Gasteiger partial charge on any atom is 0.295 e. The number of aliphatic hydroxyl groups excluding tert-OH is 1. The van der Waals surface area contributed by atoms with Crippen LogP contribution in [0.5, 0.6) is 5.75 Å². The third-order valence-electron chi connectivity index (χ3n) is 4.59. The van der Waals surface area contributed by atoms with Gasteiger partial charge in [0.15, 0.2) is 0 Å². The highest BCUT2D eigenvalue weighted by molar-refractivity contribution is 6.46. The molecule has 1 atom stereocenters. The third kappa shape index (κ3) is 4.20. The Morgan fingerprint density at radius 2 is 1.90 bits per heavy atom. The second kappa shape index (κ2) is 9.16. The van der Waals surface area contributed by atoms with Crippen LogP contribution < -0.4 is 4.74 Å². The van der Waals surface area contributed by atoms with Crippen molar-refractivity contribution >= 4 is 17.4 Å². The van der Waals surface area contributed by atoms with Crippen molar-refractivity contribution in [3.8, 4) is 5.75 Å². The number of benzene rings is 1. The fourth-order valence-electron chi connectivity index (χ4n) is 3.21. The lowest BCUT2D eigenvalue weighted by molar-refractivity contribution is -0.140. The van der Waals surface area contributed by atoms with Gasteiger partial charge in [-0.25, -0.2) is 0 Å². The van der Waals surface area contributed by atoms with Crippen molar-refractivity contribution in [2.75, 3.05) is 26.9 Å². The number of ether oxygens (including phenoxy) is 2. The van der Waals surface area contributed by atoms with Crippen molar-refractivity contribution in [1.82, 2.24) is 9.88 Å². The van der Waals surface area contributed by atoms with E-state index < -0.39 is 17.7 Å². The number of carbonyl (C=O) groups is 2. The fraction of sp³-hybridized carbons (Fsp3) is 0.227. The highest BCUT2D eigenvalue weighted by atomic mass is 16.5. The van der Waals surface area contributed by atoms with Gasteiger partial charge in [-0.15, -0.1) is 0 Å². The molecular weight excluding hydrogens is 372 g/mol. The largest absolute Gasteiger partial charge is 0.507 e. The van der Waals surface area contributed by atoms with Gasteiger partial charge in [0.2, 0.25) is 0 Å². The Hall–Kier alpha value is -3.45. The summed E-state index contributed by atoms with van der Waals surface area (Å²) in [4.78, 5) is 30.8. The molecule has 0 radical (unpaired) electrons. The van der Waals surface area contributed by atoms with E-state index in [0.29, 0.717) is 23.5 Å². The van der Waals surface area contributed by atoms with Gasteiger partial charge in [0.05, 0.1) is 18.2 Å². The maximum absolute atomic E-state index is 12.8. The summed E-state index contributed by atoms with van der Waals surface area (Å²) in [5, 5.41) is 10.9. The van der Waals surface area contributed by atoms with E-state index in [1.807, 2.05) is 0 Å². The third-order valence-corrected chi connectivity index (χ3v) is 4.59. The van der Waals surface area contributed by atoms with Crippen molar-refractivity contribution < 1.29 is 24.2 Å². The lowest BCUT2D eigenvalue weighted by atomic mass is 9.96. The van der Waals surface area contributed by atoms with E-state index in [-0.39, 0.29) is 24.5 Å². The molecule has 29 heavy (non-hydrogen) atoms. The standard InChI is InChI=1S/C22H22N2O5/c1-3-13-29-17-6-4-16(5-7-17)20(25)18-19(15-8-10-23-11-9-15)24(12-14-28-2)22(27)21(18)26/h3-11,19,25H,1,12-14H2,2H3/b20-18+/t19-/m1/s1. The first-order valence-corrected chi connectivity index (χ1v) is 9.10. The number of likely N-dealkylation sites (tertiary alicyclic amines) is 1. The van der Waals surface area contributed by atoms with Crippen LogP contribution in [-0.4, -0.2) is 53.5 Å². The van der Waals surface area contributed by atoms with Crippen molar-refractivity contribution in [3.05, 3.63) is 78.1 Å². The van der Waals surface area contributed by atoms with Crippen LogP contribution in [0, 0.1) is 0 Å². The van der Waals surface area contributed by atoms with Gasteiger partial charge in [-0.1, -0.05) is 12.7 Å². The van der Waals surface area contributed by atoms with Gasteiger partial charge in [-0.3, -0.25) is 14.6 Å². The SMILES string of the molecule is C=CCOc1ccc(/C(O)=C2\C(=O)C(=O)N(CCOC)[C@@H]2c2ccncc2)cc1. The monoisotopic (exact) mass is 394 g/mol. The summed E-state index contributed by atoms with van der Waals surface area (Å²) in [5.41, 5.74) is 1.14. The normalized spacial score (nSPS) is 18.1. The van der Waals surface area contributed by atoms with E-state index in [2.05, 4.69) is 11.6 Å². The zero-order valence-corrected chi connectivity index (χ0v) is 16.1. The lowest BCUT2D eigenvalue weighted by Gasteiger charge is -2.24. The van der Waals surface area contributed by atoms with E-state index in [1.165, 1.54) is 12.0 Å². The van der Waals surface area contributed by atoms with E-state index in [4.69, 9.17) is 9.47 Å². The molecule has 1 saturated heterocycles. The molecule has 1 fully saturated rings. The topological polar surface area (TPSA) is 89.0 Å². The molecule has 0 unspecified atom stereocenters. The van der Waals surface area contributed by atoms with Crippen LogP contribution >= 0.6 is 0 Å². The molecule has 0 bridgehead atoms. The predicted octanol–water partition coefficient (Wildman–Crippen LogP) is 2.71. The predicted molar refractivity (Wildman–Crippen MR) is 107 cm³/mol. The molecule has 7 nitrogen and oxygen atoms in total. The summed E-state index contributed by atoms with van der Waals surface area (Å²) in [6.45, 7) is 4.44. The highest BCUT2D eigenvalue weighted by Gasteiger charge is 2.45. The summed E-state index contributed by atoms with van der Waals surface area (Å²) < 4.78 is 10.5. The van der Waals surface area contributed by atoms with Crippen LogP contribution in [0.2, 0.25) is 0 Å². The van der Waals surface area contributed by atoms with Gasteiger partial charge in [-0.05, 0) is 42.0 Å². The van der Waals surface area contributed by atoms with Gasteiger partial charge in [-0.2, -0.15) is 0 Å². The number of Topliss-reactive ketones (excluding diaryl/α,β-unsaturated/α-hetero) is 1. The summed E-state index contributed by atoms with van der Waals surface area (Å²) >= 11 is 0. The Balaban J connectivity index is 2.04. The Labute approximate surface area is 168 Å². The first kappa shape index (κ1) is 20.3. The molecule has 2 heterocycles. The Morgan fingerprint density at radius 3 is 2.52 bits per heavy atom. The van der Waals surface area contributed by atoms with Crippen LogP contribution in [-0.2, 0) is 14.3 Å². The molecule has 0 aliphatic carbocycles. The molecule has 1 amide bonds. The van der Waals surface area contributed by atoms with Crippen LogP contribution in [0.3, 0.4) is 0 Å². The molecule has 1 aliphatic rings. The molecule has 2 aromatic rings. The Kier molecular flexibility index (Phi) is 6.41. The van der Waals surface area contributed by atoms with Gasteiger partial charge in [0, 0.05) is 31.6 Å². The molecule has 1 aromatic heterocycles. The average Bonchev–Trinajstić information content (AvgIpc) is 3.01. The van der Waals surface area contributed by atoms with E-state index in [1.54, 1.807) is 54.9 Å². The van der Waals surface area contributed by atoms with Crippen LogP contribution in [0.15, 0.2) is 67.0 Å². The molecular formula is C22H22N2O5. The second-order valence-electron chi connectivity index (χ2n) is 6.39. The number of amides is 1. The number of rotatable bonds is 8. The number of hydrogen-bond donors (Lipinski definition) is 1. The molecule has 1 N–H and O–H groups in total. The summed E-state index contributed by atoms with van der Waals surface area (Å²) in [6.07, 6.45) is 4.79. The zero-order valence-electron chi connectivity index (χ0n) is 16.1. The van der Waals surface area contributed by atoms with Gasteiger partial charge < -0.3 is 19.5 Å². The Bertz CT molecular complexity index is 922. The minimum Gasteiger partial charge on any atom is -0.507 e. The number of aliphatic hydroxyl groups is 1. The maximum atomic E-state index is 12.8. The van der Waals surface area contributed by atoms with Crippen molar-refractivity contribution in [1.29, 1.82) is 0 Å². The van der Waals surface area contributed by atoms with E-state index >= 15 is 0 Å². The van der Waals surface area contributed by atoms with Crippen molar-refractivity contribution in [3.63, 3.8) is 0 Å². The van der Waals surface area contributed by atoms with Gasteiger partial charge >= 0.3 is 0 Å². The number of carbonyl (C=O) groups excluding carboxylic acids is 2. The second-order valence-corrected chi connectivity index (χ2v) is 6.39. The first-order valence-electron chi connectivity index (χ1n) is 9.10. The number of pyridine rings is 1. The first-order chi connectivity index (χ1) is 14.1. The zero-order chi connectivity index (χ0) is 20.8. The quantitative estimate of drug-likeness (QED) is 0.321. The van der Waals surface area contributed by atoms with Crippen molar-refractivity contribution in [2.24, 2.45) is 0 Å². The minimum atomic E-state index is -0.729. The van der Waals surface area contributed by atoms with Crippen LogP contribution in [0.4, 0.5) is 0 Å². The van der Waals surface area contributed by atoms with Crippen LogP contribution in [0.25, 0.3) is 5.76 Å². The highest BCUT2D eigenvalue weighted by Crippen LogP contribution is 2.39. The summed E-state index contributed by atoms with van der Waals surface area (Å²) in [7, 11) is 1.52. The minimum absolute atomic E-state index is 0.0389. The average molecular weight is 394 g/mol. The molecule has 3 rings (SSSR count). The molecule has 1 aliphatic heterocycles. The number of ketones is 1. The molecule has 0 saturated carbocycles. The molecule has 1 aromatic carbocycles. The van der Waals surface area contributed by atoms with E-state index in [0.717, 1.165) is 0 Å². The number of aromatic nitrogens is 1. The van der Waals surface area contributed by atoms with E-state index in [9.17, 15) is 14.7 Å². The lowest BCUT2D eigenvalue weighted by Crippen LogP contribution is -2.32. The summed E-state index contributed by atoms with van der Waals surface area (Å²) in [5.74, 6) is -1.03. The van der Waals surface area contributed by atoms with Gasteiger partial charge in [0.1, 0.15) is 18.1 Å². The fourth-order valence-corrected chi connectivity index (χ4v) is 3.21. The molecule has 150 valence electrons. The van der Waals surface area contributed by atoms with Crippen LogP contribution in [0.1, 0.15) is 17.2 Å². The number of methoxy groups -OCH3 is 1. The number of hydrogen-bond acceptors (Lipinski definition) is 6. The smallest absolute Gasteiger partial charge is 0.295 e. The summed E-state index contributed by atoms with van der Waals surface area (Å²) in [6, 6.07) is 9.36. The Morgan fingerprint density at radius 1 is 1.21 bits per heavy atom. The van der Waals surface area contributed by atoms with Crippen molar-refractivity contribution in [2.45, 2.75) is 6.04 Å². The number of nitrogens with zero attached hydrogens (tertiary/aromatic N) is 2. The molecule has 7 heteroatoms.